The van der Waals surface area contributed by atoms with Crippen molar-refractivity contribution in [1.29, 1.82) is 0 Å². The van der Waals surface area contributed by atoms with E-state index in [9.17, 15) is 9.59 Å². The van der Waals surface area contributed by atoms with Crippen molar-refractivity contribution in [3.8, 4) is 11.5 Å². The van der Waals surface area contributed by atoms with Gasteiger partial charge in [-0.1, -0.05) is 6.42 Å². The molecule has 0 unspecified atom stereocenters. The SMILES string of the molecule is CNC(=O)C1CCC(NC(=O)Nc2ccc3c(c2)OC2(CCCCC2)O3)CC1. The van der Waals surface area contributed by atoms with Crippen LogP contribution in [0.1, 0.15) is 57.8 Å². The number of carbonyl (C=O) groups excluding carboxylic acids is 2. The summed E-state index contributed by atoms with van der Waals surface area (Å²) in [5, 5.41) is 8.61. The summed E-state index contributed by atoms with van der Waals surface area (Å²) < 4.78 is 12.2. The summed E-state index contributed by atoms with van der Waals surface area (Å²) in [4.78, 5) is 24.1. The number of nitrogens with one attached hydrogen (secondary N) is 3. The molecule has 1 aromatic carbocycles. The number of amides is 3. The molecule has 0 radical (unpaired) electrons. The number of hydrogen-bond acceptors (Lipinski definition) is 4. The molecule has 1 aromatic rings. The maximum absolute atomic E-state index is 12.4. The molecule has 0 atom stereocenters. The molecule has 1 aliphatic heterocycles. The minimum Gasteiger partial charge on any atom is -0.448 e. The Balaban J connectivity index is 1.29. The molecule has 3 aliphatic rings. The van der Waals surface area contributed by atoms with Crippen molar-refractivity contribution < 1.29 is 19.1 Å². The number of rotatable bonds is 3. The van der Waals surface area contributed by atoms with E-state index in [0.717, 1.165) is 57.1 Å². The Labute approximate surface area is 165 Å². The molecule has 152 valence electrons. The Bertz CT molecular complexity index is 737. The van der Waals surface area contributed by atoms with E-state index in [2.05, 4.69) is 16.0 Å². The first-order valence-electron chi connectivity index (χ1n) is 10.4. The van der Waals surface area contributed by atoms with E-state index in [1.54, 1.807) is 7.05 Å². The van der Waals surface area contributed by atoms with Gasteiger partial charge in [-0.05, 0) is 50.7 Å². The average Bonchev–Trinajstić information content (AvgIpc) is 3.04. The van der Waals surface area contributed by atoms with Crippen molar-refractivity contribution in [2.24, 2.45) is 5.92 Å². The lowest BCUT2D eigenvalue weighted by molar-refractivity contribution is -0.125. The lowest BCUT2D eigenvalue weighted by Crippen LogP contribution is -2.42. The van der Waals surface area contributed by atoms with E-state index < -0.39 is 5.79 Å². The van der Waals surface area contributed by atoms with Gasteiger partial charge in [0.1, 0.15) is 0 Å². The number of anilines is 1. The van der Waals surface area contributed by atoms with Gasteiger partial charge in [-0.2, -0.15) is 0 Å². The van der Waals surface area contributed by atoms with Crippen LogP contribution < -0.4 is 25.4 Å². The second-order valence-corrected chi connectivity index (χ2v) is 8.10. The van der Waals surface area contributed by atoms with Crippen LogP contribution in [0.2, 0.25) is 0 Å². The summed E-state index contributed by atoms with van der Waals surface area (Å²) in [5.41, 5.74) is 0.687. The fourth-order valence-corrected chi connectivity index (χ4v) is 4.52. The largest absolute Gasteiger partial charge is 0.448 e. The van der Waals surface area contributed by atoms with E-state index in [4.69, 9.17) is 9.47 Å². The Hall–Kier alpha value is -2.44. The lowest BCUT2D eigenvalue weighted by atomic mass is 9.85. The third-order valence-corrected chi connectivity index (χ3v) is 6.09. The van der Waals surface area contributed by atoms with Crippen molar-refractivity contribution in [2.75, 3.05) is 12.4 Å². The highest BCUT2D eigenvalue weighted by molar-refractivity contribution is 5.90. The number of ether oxygens (including phenoxy) is 2. The molecule has 0 saturated heterocycles. The first-order chi connectivity index (χ1) is 13.6. The number of urea groups is 1. The minimum absolute atomic E-state index is 0.0621. The molecule has 1 spiro atoms. The van der Waals surface area contributed by atoms with Gasteiger partial charge < -0.3 is 25.4 Å². The van der Waals surface area contributed by atoms with Gasteiger partial charge in [0.15, 0.2) is 11.5 Å². The zero-order valence-corrected chi connectivity index (χ0v) is 16.4. The molecule has 7 nitrogen and oxygen atoms in total. The van der Waals surface area contributed by atoms with E-state index in [1.165, 1.54) is 6.42 Å². The normalized spacial score (nSPS) is 25.2. The second-order valence-electron chi connectivity index (χ2n) is 8.10. The predicted octanol–water partition coefficient (Wildman–Crippen LogP) is 3.54. The molecule has 0 bridgehead atoms. The first-order valence-corrected chi connectivity index (χ1v) is 10.4. The van der Waals surface area contributed by atoms with Crippen molar-refractivity contribution in [3.63, 3.8) is 0 Å². The van der Waals surface area contributed by atoms with Gasteiger partial charge in [-0.25, -0.2) is 4.79 Å². The van der Waals surface area contributed by atoms with Gasteiger partial charge in [0.25, 0.3) is 5.79 Å². The Morgan fingerprint density at radius 1 is 1.00 bits per heavy atom. The summed E-state index contributed by atoms with van der Waals surface area (Å²) in [6.07, 6.45) is 8.50. The molecule has 2 aliphatic carbocycles. The first kappa shape index (κ1) is 18.9. The van der Waals surface area contributed by atoms with Crippen molar-refractivity contribution in [1.82, 2.24) is 10.6 Å². The van der Waals surface area contributed by atoms with Gasteiger partial charge >= 0.3 is 6.03 Å². The Morgan fingerprint density at radius 3 is 2.43 bits per heavy atom. The molecule has 0 aromatic heterocycles. The average molecular weight is 387 g/mol. The quantitative estimate of drug-likeness (QED) is 0.740. The van der Waals surface area contributed by atoms with Crippen LogP contribution in [0.5, 0.6) is 11.5 Å². The number of hydrogen-bond donors (Lipinski definition) is 3. The fraction of sp³-hybridized carbons (Fsp3) is 0.619. The Morgan fingerprint density at radius 2 is 1.71 bits per heavy atom. The molecule has 28 heavy (non-hydrogen) atoms. The zero-order valence-electron chi connectivity index (χ0n) is 16.4. The molecule has 2 fully saturated rings. The van der Waals surface area contributed by atoms with Crippen LogP contribution in [0.25, 0.3) is 0 Å². The Kier molecular flexibility index (Phi) is 5.33. The smallest absolute Gasteiger partial charge is 0.319 e. The van der Waals surface area contributed by atoms with E-state index in [-0.39, 0.29) is 23.9 Å². The van der Waals surface area contributed by atoms with Gasteiger partial charge in [-0.3, -0.25) is 4.79 Å². The van der Waals surface area contributed by atoms with Crippen LogP contribution in [-0.4, -0.2) is 30.8 Å². The lowest BCUT2D eigenvalue weighted by Gasteiger charge is -2.31. The van der Waals surface area contributed by atoms with E-state index in [1.807, 2.05) is 18.2 Å². The highest BCUT2D eigenvalue weighted by Crippen LogP contribution is 2.46. The fourth-order valence-electron chi connectivity index (χ4n) is 4.52. The van der Waals surface area contributed by atoms with Gasteiger partial charge in [-0.15, -0.1) is 0 Å². The zero-order chi connectivity index (χ0) is 19.6. The summed E-state index contributed by atoms with van der Waals surface area (Å²) >= 11 is 0. The maximum Gasteiger partial charge on any atom is 0.319 e. The molecule has 1 heterocycles. The highest BCUT2D eigenvalue weighted by Gasteiger charge is 2.42. The van der Waals surface area contributed by atoms with Crippen molar-refractivity contribution >= 4 is 17.6 Å². The third-order valence-electron chi connectivity index (χ3n) is 6.09. The topological polar surface area (TPSA) is 88.7 Å². The number of fused-ring (bicyclic) bond motifs is 1. The highest BCUT2D eigenvalue weighted by atomic mass is 16.7. The molecule has 7 heteroatoms. The molecule has 3 amide bonds. The molecular formula is C21H29N3O4. The van der Waals surface area contributed by atoms with Gasteiger partial charge in [0.05, 0.1) is 0 Å². The van der Waals surface area contributed by atoms with Crippen LogP contribution >= 0.6 is 0 Å². The molecular weight excluding hydrogens is 358 g/mol. The minimum atomic E-state index is -0.509. The van der Waals surface area contributed by atoms with Crippen LogP contribution in [0.4, 0.5) is 10.5 Å². The number of carbonyl (C=O) groups is 2. The van der Waals surface area contributed by atoms with E-state index in [0.29, 0.717) is 11.4 Å². The van der Waals surface area contributed by atoms with Crippen molar-refractivity contribution in [3.05, 3.63) is 18.2 Å². The number of benzene rings is 1. The summed E-state index contributed by atoms with van der Waals surface area (Å²) in [6.45, 7) is 0. The molecule has 2 saturated carbocycles. The second kappa shape index (κ2) is 7.89. The van der Waals surface area contributed by atoms with Gasteiger partial charge in [0.2, 0.25) is 5.91 Å². The molecule has 3 N–H and O–H groups in total. The predicted molar refractivity (Wildman–Crippen MR) is 105 cm³/mol. The van der Waals surface area contributed by atoms with Crippen molar-refractivity contribution in [2.45, 2.75) is 69.6 Å². The van der Waals surface area contributed by atoms with Crippen LogP contribution in [0, 0.1) is 5.92 Å². The summed E-state index contributed by atoms with van der Waals surface area (Å²) in [5.74, 6) is 1.10. The molecule has 4 rings (SSSR count). The van der Waals surface area contributed by atoms with Crippen LogP contribution in [0.15, 0.2) is 18.2 Å². The summed E-state index contributed by atoms with van der Waals surface area (Å²) in [6, 6.07) is 5.41. The standard InChI is InChI=1S/C21H29N3O4/c1-22-19(25)14-5-7-15(8-6-14)23-20(26)24-16-9-10-17-18(13-16)28-21(27-17)11-3-2-4-12-21/h9-10,13-15H,2-8,11-12H2,1H3,(H,22,25)(H2,23,24,26). The van der Waals surface area contributed by atoms with Crippen LogP contribution in [0.3, 0.4) is 0 Å². The van der Waals surface area contributed by atoms with Gasteiger partial charge in [0, 0.05) is 43.6 Å². The van der Waals surface area contributed by atoms with E-state index >= 15 is 0 Å². The van der Waals surface area contributed by atoms with Crippen LogP contribution in [-0.2, 0) is 4.79 Å². The third kappa shape index (κ3) is 4.03. The monoisotopic (exact) mass is 387 g/mol. The summed E-state index contributed by atoms with van der Waals surface area (Å²) in [7, 11) is 1.67. The maximum atomic E-state index is 12.4.